The molecule has 2 rings (SSSR count). The van der Waals surface area contributed by atoms with Crippen molar-refractivity contribution in [2.24, 2.45) is 0 Å². The zero-order valence-corrected chi connectivity index (χ0v) is 11.6. The maximum atomic E-state index is 12.1. The quantitative estimate of drug-likeness (QED) is 0.818. The molecule has 1 aliphatic rings. The van der Waals surface area contributed by atoms with Gasteiger partial charge in [0.1, 0.15) is 12.4 Å². The molecule has 4 heteroatoms. The Labute approximate surface area is 114 Å². The van der Waals surface area contributed by atoms with Crippen LogP contribution in [0.5, 0.6) is 5.75 Å². The number of likely N-dealkylation sites (tertiary alicyclic amines) is 1. The van der Waals surface area contributed by atoms with Crippen LogP contribution in [-0.4, -0.2) is 37.7 Å². The van der Waals surface area contributed by atoms with Gasteiger partial charge in [-0.3, -0.25) is 4.79 Å². The molecule has 1 heterocycles. The number of hydrogen-bond acceptors (Lipinski definition) is 3. The molecule has 1 aromatic carbocycles. The molecule has 19 heavy (non-hydrogen) atoms. The third-order valence-corrected chi connectivity index (χ3v) is 3.48. The first-order valence-electron chi connectivity index (χ1n) is 6.77. The molecule has 1 unspecified atom stereocenters. The van der Waals surface area contributed by atoms with Crippen LogP contribution in [0.4, 0.5) is 0 Å². The summed E-state index contributed by atoms with van der Waals surface area (Å²) in [5, 5.41) is 0. The van der Waals surface area contributed by atoms with Crippen LogP contribution in [0, 0.1) is 0 Å². The number of benzene rings is 1. The van der Waals surface area contributed by atoms with E-state index < -0.39 is 0 Å². The molecule has 0 N–H and O–H groups in total. The first kappa shape index (κ1) is 13.9. The molecule has 0 aliphatic carbocycles. The fourth-order valence-corrected chi connectivity index (χ4v) is 2.53. The minimum Gasteiger partial charge on any atom is -0.497 e. The molecule has 1 fully saturated rings. The number of ether oxygens (including phenoxy) is 2. The fourth-order valence-electron chi connectivity index (χ4n) is 2.53. The van der Waals surface area contributed by atoms with Gasteiger partial charge in [-0.25, -0.2) is 0 Å². The van der Waals surface area contributed by atoms with Crippen LogP contribution in [-0.2, 0) is 9.53 Å². The average Bonchev–Trinajstić information content (AvgIpc) is 2.94. The fraction of sp³-hybridized carbons (Fsp3) is 0.533. The number of rotatable bonds is 5. The van der Waals surface area contributed by atoms with E-state index in [-0.39, 0.29) is 18.6 Å². The molecule has 1 aromatic rings. The third kappa shape index (κ3) is 3.26. The maximum absolute atomic E-state index is 12.1. The number of carbonyl (C=O) groups excluding carboxylic acids is 1. The first-order valence-corrected chi connectivity index (χ1v) is 6.77. The summed E-state index contributed by atoms with van der Waals surface area (Å²) in [7, 11) is 1.66. The van der Waals surface area contributed by atoms with E-state index >= 15 is 0 Å². The standard InChI is InChI=1S/C15H21NO3/c1-3-19-11-15(17)16-9-5-8-14(16)12-6-4-7-13(10-12)18-2/h4,6-7,10,14H,3,5,8-9,11H2,1-2H3. The van der Waals surface area contributed by atoms with E-state index in [1.807, 2.05) is 30.0 Å². The van der Waals surface area contributed by atoms with Crippen molar-refractivity contribution in [2.45, 2.75) is 25.8 Å². The van der Waals surface area contributed by atoms with Crippen molar-refractivity contribution in [3.05, 3.63) is 29.8 Å². The normalized spacial score (nSPS) is 18.6. The predicted octanol–water partition coefficient (Wildman–Crippen LogP) is 2.40. The van der Waals surface area contributed by atoms with Gasteiger partial charge in [0.15, 0.2) is 0 Å². The molecular formula is C15H21NO3. The minimum absolute atomic E-state index is 0.0761. The number of carbonyl (C=O) groups is 1. The van der Waals surface area contributed by atoms with Crippen molar-refractivity contribution in [1.82, 2.24) is 4.90 Å². The van der Waals surface area contributed by atoms with Gasteiger partial charge < -0.3 is 14.4 Å². The lowest BCUT2D eigenvalue weighted by molar-refractivity contribution is -0.136. The average molecular weight is 263 g/mol. The van der Waals surface area contributed by atoms with Crippen molar-refractivity contribution in [1.29, 1.82) is 0 Å². The molecule has 4 nitrogen and oxygen atoms in total. The highest BCUT2D eigenvalue weighted by Gasteiger charge is 2.29. The summed E-state index contributed by atoms with van der Waals surface area (Å²) < 4.78 is 10.5. The van der Waals surface area contributed by atoms with Crippen LogP contribution in [0.3, 0.4) is 0 Å². The Morgan fingerprint density at radius 3 is 3.05 bits per heavy atom. The zero-order chi connectivity index (χ0) is 13.7. The van der Waals surface area contributed by atoms with Gasteiger partial charge in [-0.1, -0.05) is 12.1 Å². The topological polar surface area (TPSA) is 38.8 Å². The van der Waals surface area contributed by atoms with Crippen molar-refractivity contribution in [3.63, 3.8) is 0 Å². The number of hydrogen-bond donors (Lipinski definition) is 0. The second kappa shape index (κ2) is 6.57. The predicted molar refractivity (Wildman–Crippen MR) is 73.2 cm³/mol. The van der Waals surface area contributed by atoms with Crippen LogP contribution in [0.25, 0.3) is 0 Å². The largest absolute Gasteiger partial charge is 0.497 e. The maximum Gasteiger partial charge on any atom is 0.249 e. The summed E-state index contributed by atoms with van der Waals surface area (Å²) in [6.45, 7) is 3.46. The van der Waals surface area contributed by atoms with Gasteiger partial charge in [-0.05, 0) is 37.5 Å². The van der Waals surface area contributed by atoms with Crippen LogP contribution >= 0.6 is 0 Å². The third-order valence-electron chi connectivity index (χ3n) is 3.48. The summed E-state index contributed by atoms with van der Waals surface area (Å²) in [5.74, 6) is 0.911. The molecule has 1 saturated heterocycles. The van der Waals surface area contributed by atoms with Crippen LogP contribution < -0.4 is 4.74 Å². The molecule has 0 radical (unpaired) electrons. The van der Waals surface area contributed by atoms with Crippen LogP contribution in [0.2, 0.25) is 0 Å². The van der Waals surface area contributed by atoms with Crippen molar-refractivity contribution in [2.75, 3.05) is 26.9 Å². The second-order valence-electron chi connectivity index (χ2n) is 4.66. The molecular weight excluding hydrogens is 242 g/mol. The van der Waals surface area contributed by atoms with Gasteiger partial charge in [0.25, 0.3) is 0 Å². The van der Waals surface area contributed by atoms with Crippen molar-refractivity contribution in [3.8, 4) is 5.75 Å². The Kier molecular flexibility index (Phi) is 4.80. The highest BCUT2D eigenvalue weighted by atomic mass is 16.5. The monoisotopic (exact) mass is 263 g/mol. The van der Waals surface area contributed by atoms with E-state index in [1.54, 1.807) is 7.11 Å². The highest BCUT2D eigenvalue weighted by molar-refractivity contribution is 5.78. The van der Waals surface area contributed by atoms with E-state index in [0.29, 0.717) is 6.61 Å². The molecule has 1 aliphatic heterocycles. The van der Waals surface area contributed by atoms with Gasteiger partial charge in [0.2, 0.25) is 5.91 Å². The Bertz CT molecular complexity index is 433. The van der Waals surface area contributed by atoms with E-state index in [2.05, 4.69) is 6.07 Å². The minimum atomic E-state index is 0.0761. The Hall–Kier alpha value is -1.55. The summed E-state index contributed by atoms with van der Waals surface area (Å²) in [5.41, 5.74) is 1.14. The number of nitrogens with zero attached hydrogens (tertiary/aromatic N) is 1. The van der Waals surface area contributed by atoms with Crippen LogP contribution in [0.15, 0.2) is 24.3 Å². The Morgan fingerprint density at radius 2 is 2.32 bits per heavy atom. The highest BCUT2D eigenvalue weighted by Crippen LogP contribution is 2.33. The van der Waals surface area contributed by atoms with Gasteiger partial charge in [-0.15, -0.1) is 0 Å². The summed E-state index contributed by atoms with van der Waals surface area (Å²) >= 11 is 0. The van der Waals surface area contributed by atoms with E-state index in [0.717, 1.165) is 30.7 Å². The van der Waals surface area contributed by atoms with E-state index in [4.69, 9.17) is 9.47 Å². The molecule has 0 spiro atoms. The molecule has 0 bridgehead atoms. The lowest BCUT2D eigenvalue weighted by Crippen LogP contribution is -2.33. The Morgan fingerprint density at radius 1 is 1.47 bits per heavy atom. The summed E-state index contributed by atoms with van der Waals surface area (Å²) in [4.78, 5) is 14.0. The van der Waals surface area contributed by atoms with Crippen molar-refractivity contribution < 1.29 is 14.3 Å². The lowest BCUT2D eigenvalue weighted by atomic mass is 10.0. The van der Waals surface area contributed by atoms with E-state index in [1.165, 1.54) is 0 Å². The smallest absolute Gasteiger partial charge is 0.249 e. The summed E-state index contributed by atoms with van der Waals surface area (Å²) in [6.07, 6.45) is 2.05. The van der Waals surface area contributed by atoms with Gasteiger partial charge in [-0.2, -0.15) is 0 Å². The molecule has 0 aromatic heterocycles. The molecule has 1 atom stereocenters. The Balaban J connectivity index is 2.11. The summed E-state index contributed by atoms with van der Waals surface area (Å²) in [6, 6.07) is 8.11. The number of methoxy groups -OCH3 is 1. The SMILES string of the molecule is CCOCC(=O)N1CCCC1c1cccc(OC)c1. The molecule has 104 valence electrons. The van der Waals surface area contributed by atoms with Gasteiger partial charge in [0, 0.05) is 13.2 Å². The van der Waals surface area contributed by atoms with E-state index in [9.17, 15) is 4.79 Å². The van der Waals surface area contributed by atoms with Gasteiger partial charge in [0.05, 0.1) is 13.2 Å². The first-order chi connectivity index (χ1) is 9.26. The molecule has 0 saturated carbocycles. The lowest BCUT2D eigenvalue weighted by Gasteiger charge is -2.25. The second-order valence-corrected chi connectivity index (χ2v) is 4.66. The molecule has 1 amide bonds. The zero-order valence-electron chi connectivity index (χ0n) is 11.6. The number of amides is 1. The van der Waals surface area contributed by atoms with Gasteiger partial charge >= 0.3 is 0 Å². The van der Waals surface area contributed by atoms with Crippen molar-refractivity contribution >= 4 is 5.91 Å². The van der Waals surface area contributed by atoms with Crippen LogP contribution in [0.1, 0.15) is 31.4 Å².